The van der Waals surface area contributed by atoms with Crippen LogP contribution in [0.3, 0.4) is 0 Å². The first-order valence-corrected chi connectivity index (χ1v) is 8.09. The fourth-order valence-electron chi connectivity index (χ4n) is 1.44. The summed E-state index contributed by atoms with van der Waals surface area (Å²) < 4.78 is 2.35. The predicted octanol–water partition coefficient (Wildman–Crippen LogP) is 4.89. The fourth-order valence-corrected chi connectivity index (χ4v) is 4.58. The Balaban J connectivity index is 2.14. The second kappa shape index (κ2) is 5.31. The summed E-state index contributed by atoms with van der Waals surface area (Å²) >= 11 is 10.5. The smallest absolute Gasteiger partial charge is 0.0731 e. The first-order valence-electron chi connectivity index (χ1n) is 4.81. The fraction of sp³-hybridized carbons (Fsp3) is 0.273. The van der Waals surface area contributed by atoms with Crippen LogP contribution in [-0.4, -0.2) is 0 Å². The molecule has 0 amide bonds. The molecule has 2 aromatic heterocycles. The lowest BCUT2D eigenvalue weighted by Gasteiger charge is -2.08. The average Bonchev–Trinajstić information content (AvgIpc) is 2.76. The van der Waals surface area contributed by atoms with Gasteiger partial charge in [-0.05, 0) is 61.9 Å². The summed E-state index contributed by atoms with van der Waals surface area (Å²) in [5.41, 5.74) is 7.48. The molecule has 1 atom stereocenters. The Kier molecular flexibility index (Phi) is 4.24. The van der Waals surface area contributed by atoms with Crippen molar-refractivity contribution in [1.82, 2.24) is 0 Å². The quantitative estimate of drug-likeness (QED) is 0.806. The van der Waals surface area contributed by atoms with Crippen molar-refractivity contribution in [3.05, 3.63) is 41.1 Å². The monoisotopic (exact) mass is 379 g/mol. The molecule has 0 aliphatic carbocycles. The molecule has 5 heteroatoms. The molecule has 0 aliphatic rings. The zero-order valence-electron chi connectivity index (χ0n) is 8.67. The van der Waals surface area contributed by atoms with Gasteiger partial charge in [0.25, 0.3) is 0 Å². The highest BCUT2D eigenvalue weighted by atomic mass is 79.9. The van der Waals surface area contributed by atoms with E-state index in [1.165, 1.54) is 23.6 Å². The Hall–Kier alpha value is 0.320. The lowest BCUT2D eigenvalue weighted by atomic mass is 10.1. The van der Waals surface area contributed by atoms with Crippen LogP contribution in [-0.2, 0) is 6.42 Å². The minimum absolute atomic E-state index is 0.0879. The highest BCUT2D eigenvalue weighted by Gasteiger charge is 2.13. The third kappa shape index (κ3) is 2.76. The van der Waals surface area contributed by atoms with Crippen molar-refractivity contribution in [3.8, 4) is 0 Å². The van der Waals surface area contributed by atoms with E-state index in [0.717, 1.165) is 6.42 Å². The maximum absolute atomic E-state index is 6.21. The number of aryl methyl sites for hydroxylation is 1. The van der Waals surface area contributed by atoms with E-state index in [0.29, 0.717) is 0 Å². The van der Waals surface area contributed by atoms with Crippen LogP contribution in [0.4, 0.5) is 0 Å². The van der Waals surface area contributed by atoms with E-state index in [4.69, 9.17) is 5.73 Å². The van der Waals surface area contributed by atoms with Gasteiger partial charge in [0.1, 0.15) is 0 Å². The van der Waals surface area contributed by atoms with Crippen molar-refractivity contribution in [2.24, 2.45) is 5.73 Å². The van der Waals surface area contributed by atoms with E-state index in [9.17, 15) is 0 Å². The van der Waals surface area contributed by atoms with Crippen molar-refractivity contribution in [2.75, 3.05) is 0 Å². The number of hydrogen-bond acceptors (Lipinski definition) is 3. The Labute approximate surface area is 120 Å². The zero-order valence-corrected chi connectivity index (χ0v) is 13.5. The standard InChI is InChI=1S/C11H11Br2NS2/c1-6-4-10(16-11(6)13)8(14)5-9-7(12)2-3-15-9/h2-4,8H,5,14H2,1H3. The first kappa shape index (κ1) is 12.8. The number of nitrogens with two attached hydrogens (primary N) is 1. The summed E-state index contributed by atoms with van der Waals surface area (Å²) in [6.07, 6.45) is 0.893. The molecule has 1 nitrogen and oxygen atoms in total. The summed E-state index contributed by atoms with van der Waals surface area (Å²) in [7, 11) is 0. The molecule has 0 saturated heterocycles. The minimum Gasteiger partial charge on any atom is -0.323 e. The van der Waals surface area contributed by atoms with E-state index < -0.39 is 0 Å². The van der Waals surface area contributed by atoms with Crippen LogP contribution < -0.4 is 5.73 Å². The first-order chi connectivity index (χ1) is 7.58. The van der Waals surface area contributed by atoms with E-state index >= 15 is 0 Å². The molecular formula is C11H11Br2NS2. The molecular weight excluding hydrogens is 370 g/mol. The van der Waals surface area contributed by atoms with Gasteiger partial charge in [0.2, 0.25) is 0 Å². The van der Waals surface area contributed by atoms with Gasteiger partial charge in [-0.15, -0.1) is 22.7 Å². The van der Waals surface area contributed by atoms with Crippen LogP contribution in [0.5, 0.6) is 0 Å². The lowest BCUT2D eigenvalue weighted by molar-refractivity contribution is 0.743. The van der Waals surface area contributed by atoms with Gasteiger partial charge in [0, 0.05) is 26.7 Å². The molecule has 0 fully saturated rings. The van der Waals surface area contributed by atoms with Gasteiger partial charge in [-0.1, -0.05) is 0 Å². The summed E-state index contributed by atoms with van der Waals surface area (Å²) in [6.45, 7) is 2.10. The van der Waals surface area contributed by atoms with Crippen molar-refractivity contribution < 1.29 is 0 Å². The van der Waals surface area contributed by atoms with E-state index in [1.54, 1.807) is 22.7 Å². The van der Waals surface area contributed by atoms with Gasteiger partial charge >= 0.3 is 0 Å². The number of hydrogen-bond donors (Lipinski definition) is 1. The summed E-state index contributed by atoms with van der Waals surface area (Å²) in [6, 6.07) is 4.33. The maximum Gasteiger partial charge on any atom is 0.0731 e. The van der Waals surface area contributed by atoms with Crippen LogP contribution >= 0.6 is 54.5 Å². The molecule has 0 saturated carbocycles. The van der Waals surface area contributed by atoms with Crippen LogP contribution in [0.25, 0.3) is 0 Å². The molecule has 2 aromatic rings. The SMILES string of the molecule is Cc1cc(C(N)Cc2sccc2Br)sc1Br. The highest BCUT2D eigenvalue weighted by Crippen LogP contribution is 2.33. The molecule has 0 bridgehead atoms. The second-order valence-corrected chi connectivity index (χ2v) is 7.86. The predicted molar refractivity (Wildman–Crippen MR) is 79.4 cm³/mol. The van der Waals surface area contributed by atoms with Crippen molar-refractivity contribution in [2.45, 2.75) is 19.4 Å². The van der Waals surface area contributed by atoms with Crippen LogP contribution in [0.15, 0.2) is 25.8 Å². The number of thiophene rings is 2. The Bertz CT molecular complexity index is 470. The van der Waals surface area contributed by atoms with E-state index in [2.05, 4.69) is 56.3 Å². The van der Waals surface area contributed by atoms with Gasteiger partial charge in [0.15, 0.2) is 0 Å². The molecule has 2 N–H and O–H groups in total. The van der Waals surface area contributed by atoms with Crippen LogP contribution in [0.1, 0.15) is 21.4 Å². The third-order valence-electron chi connectivity index (χ3n) is 2.34. The highest BCUT2D eigenvalue weighted by molar-refractivity contribution is 9.11. The van der Waals surface area contributed by atoms with E-state index in [1.807, 2.05) is 0 Å². The average molecular weight is 381 g/mol. The number of rotatable bonds is 3. The Morgan fingerprint density at radius 1 is 1.44 bits per heavy atom. The summed E-state index contributed by atoms with van der Waals surface area (Å²) in [4.78, 5) is 2.55. The Morgan fingerprint density at radius 3 is 2.69 bits per heavy atom. The molecule has 86 valence electrons. The molecule has 2 rings (SSSR count). The molecule has 0 spiro atoms. The molecule has 2 heterocycles. The summed E-state index contributed by atoms with van der Waals surface area (Å²) in [5, 5.41) is 2.09. The third-order valence-corrected chi connectivity index (χ3v) is 6.56. The van der Waals surface area contributed by atoms with Crippen molar-refractivity contribution in [3.63, 3.8) is 0 Å². The molecule has 1 unspecified atom stereocenters. The molecule has 0 aromatic carbocycles. The van der Waals surface area contributed by atoms with Crippen molar-refractivity contribution >= 4 is 54.5 Å². The Morgan fingerprint density at radius 2 is 2.19 bits per heavy atom. The molecule has 0 radical (unpaired) electrons. The lowest BCUT2D eigenvalue weighted by Crippen LogP contribution is -2.11. The van der Waals surface area contributed by atoms with Gasteiger partial charge in [0.05, 0.1) is 3.79 Å². The van der Waals surface area contributed by atoms with Crippen LogP contribution in [0.2, 0.25) is 0 Å². The van der Waals surface area contributed by atoms with Gasteiger partial charge in [-0.3, -0.25) is 0 Å². The van der Waals surface area contributed by atoms with E-state index in [-0.39, 0.29) is 6.04 Å². The second-order valence-electron chi connectivity index (χ2n) is 3.61. The normalized spacial score (nSPS) is 13.0. The van der Waals surface area contributed by atoms with Crippen LogP contribution in [0, 0.1) is 6.92 Å². The van der Waals surface area contributed by atoms with Gasteiger partial charge in [-0.2, -0.15) is 0 Å². The molecule has 16 heavy (non-hydrogen) atoms. The zero-order chi connectivity index (χ0) is 11.7. The van der Waals surface area contributed by atoms with Gasteiger partial charge < -0.3 is 5.73 Å². The number of halogens is 2. The molecule has 0 aliphatic heterocycles. The summed E-state index contributed by atoms with van der Waals surface area (Å²) in [5.74, 6) is 0. The van der Waals surface area contributed by atoms with Gasteiger partial charge in [-0.25, -0.2) is 0 Å². The topological polar surface area (TPSA) is 26.0 Å². The maximum atomic E-state index is 6.21. The minimum atomic E-state index is 0.0879. The largest absolute Gasteiger partial charge is 0.323 e. The van der Waals surface area contributed by atoms with Crippen molar-refractivity contribution in [1.29, 1.82) is 0 Å².